The number of nitrogens with one attached hydrogen (secondary N) is 1. The van der Waals surface area contributed by atoms with E-state index in [1.54, 1.807) is 12.4 Å². The van der Waals surface area contributed by atoms with Crippen molar-refractivity contribution < 1.29 is 9.53 Å². The first-order chi connectivity index (χ1) is 7.22. The van der Waals surface area contributed by atoms with Crippen LogP contribution in [0.25, 0.3) is 0 Å². The summed E-state index contributed by atoms with van der Waals surface area (Å²) in [5.74, 6) is 0.661. The average molecular weight is 273 g/mol. The zero-order chi connectivity index (χ0) is 11.1. The van der Waals surface area contributed by atoms with Gasteiger partial charge in [0.1, 0.15) is 5.75 Å². The lowest BCUT2D eigenvalue weighted by Gasteiger charge is -2.05. The van der Waals surface area contributed by atoms with Crippen molar-refractivity contribution in [2.45, 2.75) is 13.3 Å². The molecule has 0 saturated carbocycles. The first-order valence-electron chi connectivity index (χ1n) is 4.72. The lowest BCUT2D eigenvalue weighted by Crippen LogP contribution is -2.24. The summed E-state index contributed by atoms with van der Waals surface area (Å²) >= 11 is 3.29. The Hall–Kier alpha value is -1.10. The van der Waals surface area contributed by atoms with Gasteiger partial charge in [0, 0.05) is 17.2 Å². The minimum Gasteiger partial charge on any atom is -0.491 e. The van der Waals surface area contributed by atoms with Gasteiger partial charge in [0.05, 0.1) is 19.2 Å². The molecule has 1 aromatic heterocycles. The summed E-state index contributed by atoms with van der Waals surface area (Å²) in [5, 5.41) is 2.70. The maximum absolute atomic E-state index is 11.1. The minimum atomic E-state index is 0.000422. The van der Waals surface area contributed by atoms with Crippen molar-refractivity contribution in [3.8, 4) is 5.75 Å². The maximum Gasteiger partial charge on any atom is 0.223 e. The number of carbonyl (C=O) groups excluding carboxylic acids is 1. The molecule has 0 fully saturated rings. The molecule has 1 heterocycles. The molecule has 0 aromatic carbocycles. The van der Waals surface area contributed by atoms with Crippen LogP contribution in [0.15, 0.2) is 22.9 Å². The molecule has 0 radical (unpaired) electrons. The number of rotatable bonds is 5. The van der Waals surface area contributed by atoms with Gasteiger partial charge in [-0.25, -0.2) is 0 Å². The number of nitrogens with zero attached hydrogens (tertiary/aromatic N) is 1. The SMILES string of the molecule is CCNC(=O)CCOc1cncc(Br)c1. The van der Waals surface area contributed by atoms with Crippen LogP contribution in [0.2, 0.25) is 0 Å². The van der Waals surface area contributed by atoms with Crippen LogP contribution in [0.5, 0.6) is 5.75 Å². The van der Waals surface area contributed by atoms with Crippen LogP contribution in [0.1, 0.15) is 13.3 Å². The van der Waals surface area contributed by atoms with Gasteiger partial charge >= 0.3 is 0 Å². The molecule has 1 N–H and O–H groups in total. The highest BCUT2D eigenvalue weighted by Gasteiger charge is 2.00. The van der Waals surface area contributed by atoms with E-state index < -0.39 is 0 Å². The van der Waals surface area contributed by atoms with E-state index in [0.717, 1.165) is 4.47 Å². The summed E-state index contributed by atoms with van der Waals surface area (Å²) in [6, 6.07) is 1.81. The van der Waals surface area contributed by atoms with Crippen LogP contribution in [0, 0.1) is 0 Å². The Balaban J connectivity index is 2.28. The third-order valence-electron chi connectivity index (χ3n) is 1.65. The van der Waals surface area contributed by atoms with Crippen molar-refractivity contribution >= 4 is 21.8 Å². The number of pyridine rings is 1. The Morgan fingerprint density at radius 3 is 3.07 bits per heavy atom. The van der Waals surface area contributed by atoms with Crippen molar-refractivity contribution in [1.29, 1.82) is 0 Å². The number of hydrogen-bond acceptors (Lipinski definition) is 3. The van der Waals surface area contributed by atoms with Crippen LogP contribution in [0.3, 0.4) is 0 Å². The summed E-state index contributed by atoms with van der Waals surface area (Å²) in [6.07, 6.45) is 3.65. The highest BCUT2D eigenvalue weighted by atomic mass is 79.9. The van der Waals surface area contributed by atoms with Crippen LogP contribution in [-0.4, -0.2) is 24.0 Å². The Morgan fingerprint density at radius 2 is 2.40 bits per heavy atom. The van der Waals surface area contributed by atoms with Crippen molar-refractivity contribution in [3.63, 3.8) is 0 Å². The normalized spacial score (nSPS) is 9.73. The number of hydrogen-bond donors (Lipinski definition) is 1. The van der Waals surface area contributed by atoms with Crippen molar-refractivity contribution in [1.82, 2.24) is 10.3 Å². The number of amides is 1. The van der Waals surface area contributed by atoms with Gasteiger partial charge in [-0.3, -0.25) is 9.78 Å². The third-order valence-corrected chi connectivity index (χ3v) is 2.09. The predicted octanol–water partition coefficient (Wildman–Crippen LogP) is 1.75. The lowest BCUT2D eigenvalue weighted by atomic mass is 10.4. The molecule has 0 bridgehead atoms. The van der Waals surface area contributed by atoms with E-state index >= 15 is 0 Å². The molecule has 1 amide bonds. The van der Waals surface area contributed by atoms with Gasteiger partial charge in [-0.2, -0.15) is 0 Å². The summed E-state index contributed by atoms with van der Waals surface area (Å²) in [4.78, 5) is 15.0. The number of ether oxygens (including phenoxy) is 1. The van der Waals surface area contributed by atoms with Crippen LogP contribution in [0.4, 0.5) is 0 Å². The van der Waals surface area contributed by atoms with E-state index in [2.05, 4.69) is 26.2 Å². The molecule has 1 aromatic rings. The summed E-state index contributed by atoms with van der Waals surface area (Å²) in [5.41, 5.74) is 0. The van der Waals surface area contributed by atoms with E-state index in [1.807, 2.05) is 13.0 Å². The largest absolute Gasteiger partial charge is 0.491 e. The number of aromatic nitrogens is 1. The fraction of sp³-hybridized carbons (Fsp3) is 0.400. The Labute approximate surface area is 97.2 Å². The summed E-state index contributed by atoms with van der Waals surface area (Å²) < 4.78 is 6.21. The van der Waals surface area contributed by atoms with E-state index in [1.165, 1.54) is 0 Å². The molecule has 4 nitrogen and oxygen atoms in total. The van der Waals surface area contributed by atoms with Crippen LogP contribution < -0.4 is 10.1 Å². The molecular weight excluding hydrogens is 260 g/mol. The molecule has 0 atom stereocenters. The molecule has 82 valence electrons. The summed E-state index contributed by atoms with van der Waals surface area (Å²) in [6.45, 7) is 2.90. The van der Waals surface area contributed by atoms with E-state index in [0.29, 0.717) is 25.3 Å². The lowest BCUT2D eigenvalue weighted by molar-refractivity contribution is -0.121. The van der Waals surface area contributed by atoms with E-state index in [9.17, 15) is 4.79 Å². The molecule has 15 heavy (non-hydrogen) atoms. The zero-order valence-electron chi connectivity index (χ0n) is 8.50. The van der Waals surface area contributed by atoms with Crippen LogP contribution >= 0.6 is 15.9 Å². The van der Waals surface area contributed by atoms with Gasteiger partial charge in [-0.1, -0.05) is 0 Å². The third kappa shape index (κ3) is 4.78. The molecular formula is C10H13BrN2O2. The highest BCUT2D eigenvalue weighted by molar-refractivity contribution is 9.10. The number of halogens is 1. The minimum absolute atomic E-state index is 0.000422. The topological polar surface area (TPSA) is 51.2 Å². The maximum atomic E-state index is 11.1. The quantitative estimate of drug-likeness (QED) is 0.889. The van der Waals surface area contributed by atoms with Gasteiger partial charge in [0.15, 0.2) is 0 Å². The predicted molar refractivity (Wildman–Crippen MR) is 60.7 cm³/mol. The van der Waals surface area contributed by atoms with Crippen molar-refractivity contribution in [3.05, 3.63) is 22.9 Å². The molecule has 0 aliphatic carbocycles. The Bertz CT molecular complexity index is 331. The average Bonchev–Trinajstić information content (AvgIpc) is 2.18. The van der Waals surface area contributed by atoms with Crippen molar-refractivity contribution in [2.24, 2.45) is 0 Å². The molecule has 5 heteroatoms. The van der Waals surface area contributed by atoms with Gasteiger partial charge in [-0.15, -0.1) is 0 Å². The standard InChI is InChI=1S/C10H13BrN2O2/c1-2-13-10(14)3-4-15-9-5-8(11)6-12-7-9/h5-7H,2-4H2,1H3,(H,13,14). The highest BCUT2D eigenvalue weighted by Crippen LogP contribution is 2.15. The first-order valence-corrected chi connectivity index (χ1v) is 5.51. The number of carbonyl (C=O) groups is 1. The Morgan fingerprint density at radius 1 is 1.60 bits per heavy atom. The monoisotopic (exact) mass is 272 g/mol. The fourth-order valence-corrected chi connectivity index (χ4v) is 1.36. The second-order valence-electron chi connectivity index (χ2n) is 2.89. The fourth-order valence-electron chi connectivity index (χ4n) is 1.02. The molecule has 0 unspecified atom stereocenters. The molecule has 0 aliphatic heterocycles. The second-order valence-corrected chi connectivity index (χ2v) is 3.81. The van der Waals surface area contributed by atoms with Gasteiger partial charge in [-0.05, 0) is 28.9 Å². The molecule has 1 rings (SSSR count). The molecule has 0 aliphatic rings. The molecule has 0 spiro atoms. The zero-order valence-corrected chi connectivity index (χ0v) is 10.1. The van der Waals surface area contributed by atoms with Crippen molar-refractivity contribution in [2.75, 3.05) is 13.2 Å². The van der Waals surface area contributed by atoms with Gasteiger partial charge in [0.2, 0.25) is 5.91 Å². The van der Waals surface area contributed by atoms with E-state index in [4.69, 9.17) is 4.74 Å². The smallest absolute Gasteiger partial charge is 0.223 e. The first kappa shape index (κ1) is 12.0. The summed E-state index contributed by atoms with van der Waals surface area (Å²) in [7, 11) is 0. The van der Waals surface area contributed by atoms with Gasteiger partial charge < -0.3 is 10.1 Å². The second kappa shape index (κ2) is 6.40. The van der Waals surface area contributed by atoms with E-state index in [-0.39, 0.29) is 5.91 Å². The molecule has 0 saturated heterocycles. The Kier molecular flexibility index (Phi) is 5.10. The van der Waals surface area contributed by atoms with Crippen LogP contribution in [-0.2, 0) is 4.79 Å². The van der Waals surface area contributed by atoms with Gasteiger partial charge in [0.25, 0.3) is 0 Å².